The summed E-state index contributed by atoms with van der Waals surface area (Å²) in [6, 6.07) is 9.88. The summed E-state index contributed by atoms with van der Waals surface area (Å²) in [6.45, 7) is 7.98. The number of hydrazone groups is 1. The molecule has 1 heterocycles. The molecule has 0 spiro atoms. The highest BCUT2D eigenvalue weighted by atomic mass is 16.5. The molecule has 27 heavy (non-hydrogen) atoms. The molecule has 0 fully saturated rings. The lowest BCUT2D eigenvalue weighted by Gasteiger charge is -2.18. The molecule has 6 nitrogen and oxygen atoms in total. The summed E-state index contributed by atoms with van der Waals surface area (Å²) < 4.78 is 5.98. The zero-order chi connectivity index (χ0) is 19.4. The van der Waals surface area contributed by atoms with Crippen molar-refractivity contribution in [2.45, 2.75) is 40.2 Å². The van der Waals surface area contributed by atoms with E-state index < -0.39 is 0 Å². The van der Waals surface area contributed by atoms with Crippen LogP contribution in [0.15, 0.2) is 41.8 Å². The van der Waals surface area contributed by atoms with Crippen LogP contribution in [0.5, 0.6) is 5.75 Å². The Labute approximate surface area is 158 Å². The number of hydrogen-bond acceptors (Lipinski definition) is 4. The number of nitrogens with one attached hydrogen (secondary N) is 2. The zero-order valence-electron chi connectivity index (χ0n) is 16.0. The first-order chi connectivity index (χ1) is 12.9. The van der Waals surface area contributed by atoms with Crippen molar-refractivity contribution in [2.75, 3.05) is 0 Å². The molecule has 3 rings (SSSR count). The molecule has 1 aromatic heterocycles. The van der Waals surface area contributed by atoms with E-state index >= 15 is 0 Å². The number of hydrogen-bond donors (Lipinski definition) is 2. The van der Waals surface area contributed by atoms with Crippen molar-refractivity contribution in [1.82, 2.24) is 15.4 Å². The van der Waals surface area contributed by atoms with Crippen LogP contribution in [-0.4, -0.2) is 28.2 Å². The van der Waals surface area contributed by atoms with Crippen molar-refractivity contribution in [2.24, 2.45) is 5.10 Å². The molecule has 0 aliphatic heterocycles. The molecule has 1 amide bonds. The SMILES string of the molecule is Cc1cc(C)c(O[C@@H](C)CC(=O)N/N=C/c2ccc3nc[nH]c3c2)c(C)c1. The van der Waals surface area contributed by atoms with Crippen molar-refractivity contribution in [3.05, 3.63) is 58.9 Å². The monoisotopic (exact) mass is 364 g/mol. The largest absolute Gasteiger partial charge is 0.490 e. The molecule has 0 bridgehead atoms. The molecule has 6 heteroatoms. The number of aryl methyl sites for hydroxylation is 3. The zero-order valence-corrected chi connectivity index (χ0v) is 16.0. The summed E-state index contributed by atoms with van der Waals surface area (Å²) in [5.74, 6) is 0.654. The number of imidazole rings is 1. The molecule has 3 aromatic rings. The van der Waals surface area contributed by atoms with Gasteiger partial charge < -0.3 is 9.72 Å². The van der Waals surface area contributed by atoms with Gasteiger partial charge in [0.2, 0.25) is 5.91 Å². The van der Waals surface area contributed by atoms with Gasteiger partial charge in [-0.1, -0.05) is 23.8 Å². The fourth-order valence-electron chi connectivity index (χ4n) is 3.11. The lowest BCUT2D eigenvalue weighted by Crippen LogP contribution is -2.25. The van der Waals surface area contributed by atoms with Gasteiger partial charge in [-0.3, -0.25) is 4.79 Å². The Morgan fingerprint density at radius 2 is 2.00 bits per heavy atom. The number of amides is 1. The van der Waals surface area contributed by atoms with Gasteiger partial charge in [-0.25, -0.2) is 10.4 Å². The van der Waals surface area contributed by atoms with Crippen LogP contribution >= 0.6 is 0 Å². The van der Waals surface area contributed by atoms with Crippen molar-refractivity contribution in [1.29, 1.82) is 0 Å². The van der Waals surface area contributed by atoms with E-state index in [0.717, 1.165) is 33.5 Å². The number of carbonyl (C=O) groups is 1. The van der Waals surface area contributed by atoms with Gasteiger partial charge in [-0.2, -0.15) is 5.10 Å². The van der Waals surface area contributed by atoms with Crippen LogP contribution in [0.3, 0.4) is 0 Å². The molecule has 2 N–H and O–H groups in total. The highest BCUT2D eigenvalue weighted by Crippen LogP contribution is 2.26. The molecule has 0 saturated carbocycles. The van der Waals surface area contributed by atoms with E-state index in [9.17, 15) is 4.79 Å². The first-order valence-corrected chi connectivity index (χ1v) is 8.92. The van der Waals surface area contributed by atoms with Crippen LogP contribution in [0.4, 0.5) is 0 Å². The average Bonchev–Trinajstić information content (AvgIpc) is 3.06. The highest BCUT2D eigenvalue weighted by Gasteiger charge is 2.13. The minimum Gasteiger partial charge on any atom is -0.490 e. The molecule has 0 unspecified atom stereocenters. The number of ether oxygens (including phenoxy) is 1. The second-order valence-electron chi connectivity index (χ2n) is 6.83. The van der Waals surface area contributed by atoms with Crippen molar-refractivity contribution in [3.8, 4) is 5.75 Å². The summed E-state index contributed by atoms with van der Waals surface area (Å²) in [7, 11) is 0. The first kappa shape index (κ1) is 18.6. The molecule has 0 aliphatic carbocycles. The Kier molecular flexibility index (Phi) is 5.54. The van der Waals surface area contributed by atoms with Crippen LogP contribution in [0.2, 0.25) is 0 Å². The maximum absolute atomic E-state index is 12.1. The Hall–Kier alpha value is -3.15. The summed E-state index contributed by atoms with van der Waals surface area (Å²) in [5, 5.41) is 4.03. The summed E-state index contributed by atoms with van der Waals surface area (Å²) in [5.41, 5.74) is 8.60. The number of fused-ring (bicyclic) bond motifs is 1. The van der Waals surface area contributed by atoms with Gasteiger partial charge >= 0.3 is 0 Å². The summed E-state index contributed by atoms with van der Waals surface area (Å²) in [4.78, 5) is 19.3. The van der Waals surface area contributed by atoms with E-state index in [1.54, 1.807) is 12.5 Å². The Balaban J connectivity index is 1.54. The third-order valence-corrected chi connectivity index (χ3v) is 4.24. The number of aromatic amines is 1. The maximum Gasteiger partial charge on any atom is 0.243 e. The first-order valence-electron chi connectivity index (χ1n) is 8.92. The van der Waals surface area contributed by atoms with Gasteiger partial charge in [0.25, 0.3) is 0 Å². The molecule has 1 atom stereocenters. The second-order valence-corrected chi connectivity index (χ2v) is 6.83. The number of aromatic nitrogens is 2. The third-order valence-electron chi connectivity index (χ3n) is 4.24. The van der Waals surface area contributed by atoms with Crippen molar-refractivity contribution in [3.63, 3.8) is 0 Å². The Bertz CT molecular complexity index is 968. The van der Waals surface area contributed by atoms with E-state index in [4.69, 9.17) is 4.74 Å². The number of nitrogens with zero attached hydrogens (tertiary/aromatic N) is 2. The summed E-state index contributed by atoms with van der Waals surface area (Å²) in [6.07, 6.45) is 3.23. The minimum absolute atomic E-state index is 0.191. The minimum atomic E-state index is -0.248. The van der Waals surface area contributed by atoms with E-state index in [1.807, 2.05) is 39.0 Å². The van der Waals surface area contributed by atoms with Crippen molar-refractivity contribution < 1.29 is 9.53 Å². The quantitative estimate of drug-likeness (QED) is 0.516. The maximum atomic E-state index is 12.1. The molecular weight excluding hydrogens is 340 g/mol. The molecule has 0 aliphatic rings. The second kappa shape index (κ2) is 8.03. The van der Waals surface area contributed by atoms with E-state index in [-0.39, 0.29) is 18.4 Å². The van der Waals surface area contributed by atoms with Crippen molar-refractivity contribution >= 4 is 23.2 Å². The van der Waals surface area contributed by atoms with Gasteiger partial charge in [0, 0.05) is 0 Å². The topological polar surface area (TPSA) is 79.4 Å². The summed E-state index contributed by atoms with van der Waals surface area (Å²) >= 11 is 0. The number of rotatable bonds is 6. The van der Waals surface area contributed by atoms with E-state index in [2.05, 4.69) is 39.6 Å². The fraction of sp³-hybridized carbons (Fsp3) is 0.286. The van der Waals surface area contributed by atoms with Crippen LogP contribution < -0.4 is 10.2 Å². The highest BCUT2D eigenvalue weighted by molar-refractivity contribution is 5.87. The fourth-order valence-corrected chi connectivity index (χ4v) is 3.11. The van der Waals surface area contributed by atoms with Crippen LogP contribution in [0, 0.1) is 20.8 Å². The molecule has 0 radical (unpaired) electrons. The normalized spacial score (nSPS) is 12.4. The van der Waals surface area contributed by atoms with Crippen LogP contribution in [-0.2, 0) is 4.79 Å². The predicted octanol–water partition coefficient (Wildman–Crippen LogP) is 3.80. The van der Waals surface area contributed by atoms with E-state index in [0.29, 0.717) is 0 Å². The van der Waals surface area contributed by atoms with Crippen LogP contribution in [0.1, 0.15) is 35.6 Å². The van der Waals surface area contributed by atoms with Crippen LogP contribution in [0.25, 0.3) is 11.0 Å². The third kappa shape index (κ3) is 4.73. The number of H-pyrrole nitrogens is 1. The number of benzene rings is 2. The Morgan fingerprint density at radius 1 is 1.26 bits per heavy atom. The lowest BCUT2D eigenvalue weighted by molar-refractivity contribution is -0.122. The van der Waals surface area contributed by atoms with Gasteiger partial charge in [0.05, 0.1) is 30.0 Å². The van der Waals surface area contributed by atoms with Gasteiger partial charge in [0.1, 0.15) is 11.9 Å². The average molecular weight is 364 g/mol. The molecule has 0 saturated heterocycles. The van der Waals surface area contributed by atoms with E-state index in [1.165, 1.54) is 5.56 Å². The molecular formula is C21H24N4O2. The number of carbonyl (C=O) groups excluding carboxylic acids is 1. The van der Waals surface area contributed by atoms with Gasteiger partial charge in [0.15, 0.2) is 0 Å². The lowest BCUT2D eigenvalue weighted by atomic mass is 10.1. The van der Waals surface area contributed by atoms with Gasteiger partial charge in [-0.15, -0.1) is 0 Å². The Morgan fingerprint density at radius 3 is 2.74 bits per heavy atom. The molecule has 140 valence electrons. The molecule has 2 aromatic carbocycles. The van der Waals surface area contributed by atoms with Gasteiger partial charge in [-0.05, 0) is 56.5 Å². The smallest absolute Gasteiger partial charge is 0.243 e. The standard InChI is InChI=1S/C21H24N4O2/c1-13-7-14(2)21(15(3)8-13)27-16(4)9-20(26)25-24-11-17-5-6-18-19(10-17)23-12-22-18/h5-8,10-12,16H,9H2,1-4H3,(H,22,23)(H,25,26)/b24-11+/t16-/m0/s1. The predicted molar refractivity (Wildman–Crippen MR) is 107 cm³/mol.